The summed E-state index contributed by atoms with van der Waals surface area (Å²) in [5.74, 6) is 0.0290. The van der Waals surface area contributed by atoms with Crippen LogP contribution in [0.25, 0.3) is 0 Å². The van der Waals surface area contributed by atoms with Crippen molar-refractivity contribution in [1.29, 1.82) is 0 Å². The molecule has 4 heterocycles. The zero-order valence-electron chi connectivity index (χ0n) is 22.4. The van der Waals surface area contributed by atoms with Gasteiger partial charge < -0.3 is 19.3 Å². The van der Waals surface area contributed by atoms with Gasteiger partial charge in [0.15, 0.2) is 0 Å². The highest BCUT2D eigenvalue weighted by atomic mass is 16.5. The van der Waals surface area contributed by atoms with Crippen molar-refractivity contribution in [3.63, 3.8) is 0 Å². The first kappa shape index (κ1) is 26.9. The SMILES string of the molecule is CN1C2CCC1CC(OC(=O)CCCCCCCCCCCC(=O)OC1CC3CCC(C1)N3C)C2. The van der Waals surface area contributed by atoms with Crippen LogP contribution in [0.4, 0.5) is 0 Å². The zero-order chi connectivity index (χ0) is 24.6. The van der Waals surface area contributed by atoms with Gasteiger partial charge in [-0.05, 0) is 78.3 Å². The molecule has 0 N–H and O–H groups in total. The van der Waals surface area contributed by atoms with Crippen molar-refractivity contribution in [3.8, 4) is 0 Å². The fraction of sp³-hybridized carbons (Fsp3) is 0.931. The summed E-state index contributed by atoms with van der Waals surface area (Å²) < 4.78 is 11.6. The molecule has 4 aliphatic rings. The van der Waals surface area contributed by atoms with Crippen LogP contribution in [0.2, 0.25) is 0 Å². The summed E-state index contributed by atoms with van der Waals surface area (Å²) >= 11 is 0. The minimum Gasteiger partial charge on any atom is -0.462 e. The number of hydrogen-bond donors (Lipinski definition) is 0. The molecular formula is C29H50N2O4. The maximum Gasteiger partial charge on any atom is 0.306 e. The Kier molecular flexibility index (Phi) is 10.3. The molecule has 0 radical (unpaired) electrons. The second-order valence-electron chi connectivity index (χ2n) is 11.9. The van der Waals surface area contributed by atoms with Gasteiger partial charge in [0, 0.05) is 37.0 Å². The molecule has 4 bridgehead atoms. The number of piperidine rings is 2. The van der Waals surface area contributed by atoms with Crippen molar-refractivity contribution in [3.05, 3.63) is 0 Å². The number of rotatable bonds is 14. The first-order chi connectivity index (χ1) is 17.0. The van der Waals surface area contributed by atoms with Gasteiger partial charge in [-0.3, -0.25) is 9.59 Å². The first-order valence-corrected chi connectivity index (χ1v) is 14.8. The van der Waals surface area contributed by atoms with Gasteiger partial charge in [-0.1, -0.05) is 44.9 Å². The normalized spacial score (nSPS) is 32.6. The second-order valence-corrected chi connectivity index (χ2v) is 11.9. The summed E-state index contributed by atoms with van der Waals surface area (Å²) in [5, 5.41) is 0. The molecule has 200 valence electrons. The fourth-order valence-corrected chi connectivity index (χ4v) is 7.18. The minimum atomic E-state index is 0.0145. The quantitative estimate of drug-likeness (QED) is 0.233. The van der Waals surface area contributed by atoms with Crippen molar-refractivity contribution < 1.29 is 19.1 Å². The lowest BCUT2D eigenvalue weighted by Crippen LogP contribution is -2.43. The van der Waals surface area contributed by atoms with Gasteiger partial charge in [0.2, 0.25) is 0 Å². The average molecular weight is 491 g/mol. The van der Waals surface area contributed by atoms with E-state index >= 15 is 0 Å². The van der Waals surface area contributed by atoms with Crippen LogP contribution in [0.3, 0.4) is 0 Å². The van der Waals surface area contributed by atoms with E-state index in [1.54, 1.807) is 0 Å². The van der Waals surface area contributed by atoms with E-state index in [1.165, 1.54) is 57.8 Å². The molecule has 6 heteroatoms. The summed E-state index contributed by atoms with van der Waals surface area (Å²) in [5.41, 5.74) is 0. The van der Waals surface area contributed by atoms with Crippen LogP contribution in [0, 0.1) is 0 Å². The number of nitrogens with zero attached hydrogens (tertiary/aromatic N) is 2. The molecule has 0 aliphatic carbocycles. The lowest BCUT2D eigenvalue weighted by molar-refractivity contribution is -0.153. The van der Waals surface area contributed by atoms with Crippen molar-refractivity contribution in [1.82, 2.24) is 9.80 Å². The zero-order valence-corrected chi connectivity index (χ0v) is 22.4. The predicted octanol–water partition coefficient (Wildman–Crippen LogP) is 5.61. The molecular weight excluding hydrogens is 440 g/mol. The summed E-state index contributed by atoms with van der Waals surface area (Å²) in [4.78, 5) is 29.4. The van der Waals surface area contributed by atoms with Crippen LogP contribution in [-0.2, 0) is 19.1 Å². The standard InChI is InChI=1S/C29H50N2O4/c1-30-22-14-15-23(30)19-26(18-22)34-28(32)12-10-8-6-4-3-5-7-9-11-13-29(33)35-27-20-24-16-17-25(21-27)31(24)2/h22-27H,3-21H2,1-2H3. The van der Waals surface area contributed by atoms with Crippen molar-refractivity contribution in [2.45, 2.75) is 158 Å². The molecule has 4 atom stereocenters. The highest BCUT2D eigenvalue weighted by Gasteiger charge is 2.40. The number of unbranched alkanes of at least 4 members (excludes halogenated alkanes) is 8. The molecule has 6 nitrogen and oxygen atoms in total. The summed E-state index contributed by atoms with van der Waals surface area (Å²) in [6.07, 6.45) is 21.0. The Morgan fingerprint density at radius 2 is 0.829 bits per heavy atom. The molecule has 0 amide bonds. The molecule has 4 rings (SSSR count). The van der Waals surface area contributed by atoms with Crippen molar-refractivity contribution >= 4 is 11.9 Å². The number of fused-ring (bicyclic) bond motifs is 4. The van der Waals surface area contributed by atoms with Crippen LogP contribution >= 0.6 is 0 Å². The number of hydrogen-bond acceptors (Lipinski definition) is 6. The third-order valence-electron chi connectivity index (χ3n) is 9.47. The van der Waals surface area contributed by atoms with Gasteiger partial charge in [-0.2, -0.15) is 0 Å². The van der Waals surface area contributed by atoms with Crippen LogP contribution in [-0.4, -0.2) is 72.2 Å². The monoisotopic (exact) mass is 490 g/mol. The van der Waals surface area contributed by atoms with Gasteiger partial charge in [0.05, 0.1) is 0 Å². The van der Waals surface area contributed by atoms with Gasteiger partial charge in [-0.15, -0.1) is 0 Å². The first-order valence-electron chi connectivity index (χ1n) is 14.8. The predicted molar refractivity (Wildman–Crippen MR) is 138 cm³/mol. The Morgan fingerprint density at radius 3 is 1.14 bits per heavy atom. The van der Waals surface area contributed by atoms with Crippen LogP contribution in [0.1, 0.15) is 122 Å². The number of carbonyl (C=O) groups excluding carboxylic acids is 2. The molecule has 4 aliphatic heterocycles. The lowest BCUT2D eigenvalue weighted by Gasteiger charge is -2.35. The van der Waals surface area contributed by atoms with E-state index in [-0.39, 0.29) is 24.1 Å². The third kappa shape index (κ3) is 7.92. The molecule has 0 aromatic heterocycles. The lowest BCUT2D eigenvalue weighted by atomic mass is 10.0. The van der Waals surface area contributed by atoms with E-state index in [2.05, 4.69) is 23.9 Å². The Labute approximate surface area is 213 Å². The maximum absolute atomic E-state index is 12.2. The highest BCUT2D eigenvalue weighted by molar-refractivity contribution is 5.69. The van der Waals surface area contributed by atoms with E-state index in [9.17, 15) is 9.59 Å². The van der Waals surface area contributed by atoms with Gasteiger partial charge in [-0.25, -0.2) is 0 Å². The Morgan fingerprint density at radius 1 is 0.543 bits per heavy atom. The number of ether oxygens (including phenoxy) is 2. The molecule has 4 unspecified atom stereocenters. The summed E-state index contributed by atoms with van der Waals surface area (Å²) in [6.45, 7) is 0. The molecule has 0 aromatic carbocycles. The molecule has 4 fully saturated rings. The Bertz CT molecular complexity index is 602. The van der Waals surface area contributed by atoms with Crippen LogP contribution in [0.15, 0.2) is 0 Å². The van der Waals surface area contributed by atoms with Crippen LogP contribution in [0.5, 0.6) is 0 Å². The largest absolute Gasteiger partial charge is 0.462 e. The summed E-state index contributed by atoms with van der Waals surface area (Å²) in [7, 11) is 4.44. The van der Waals surface area contributed by atoms with Crippen LogP contribution < -0.4 is 0 Å². The smallest absolute Gasteiger partial charge is 0.306 e. The summed E-state index contributed by atoms with van der Waals surface area (Å²) in [6, 6.07) is 2.50. The van der Waals surface area contributed by atoms with Gasteiger partial charge >= 0.3 is 11.9 Å². The highest BCUT2D eigenvalue weighted by Crippen LogP contribution is 2.36. The van der Waals surface area contributed by atoms with Gasteiger partial charge in [0.25, 0.3) is 0 Å². The molecule has 0 saturated carbocycles. The van der Waals surface area contributed by atoms with Crippen molar-refractivity contribution in [2.24, 2.45) is 0 Å². The molecule has 0 aromatic rings. The minimum absolute atomic E-state index is 0.0145. The molecule has 35 heavy (non-hydrogen) atoms. The maximum atomic E-state index is 12.2. The van der Waals surface area contributed by atoms with Crippen molar-refractivity contribution in [2.75, 3.05) is 14.1 Å². The van der Waals surface area contributed by atoms with E-state index in [0.717, 1.165) is 51.4 Å². The Balaban J connectivity index is 0.913. The number of carbonyl (C=O) groups is 2. The van der Waals surface area contributed by atoms with E-state index in [1.807, 2.05) is 0 Å². The van der Waals surface area contributed by atoms with E-state index < -0.39 is 0 Å². The fourth-order valence-electron chi connectivity index (χ4n) is 7.18. The Hall–Kier alpha value is -1.14. The average Bonchev–Trinajstić information content (AvgIpc) is 3.15. The van der Waals surface area contributed by atoms with E-state index in [0.29, 0.717) is 37.0 Å². The van der Waals surface area contributed by atoms with E-state index in [4.69, 9.17) is 9.47 Å². The molecule has 0 spiro atoms. The second kappa shape index (κ2) is 13.4. The molecule has 4 saturated heterocycles. The topological polar surface area (TPSA) is 59.1 Å². The number of esters is 2. The van der Waals surface area contributed by atoms with Gasteiger partial charge in [0.1, 0.15) is 12.2 Å². The third-order valence-corrected chi connectivity index (χ3v) is 9.47.